The second-order valence-electron chi connectivity index (χ2n) is 8.34. The summed E-state index contributed by atoms with van der Waals surface area (Å²) < 4.78 is 54.2. The topological polar surface area (TPSA) is 63.1 Å². The Morgan fingerprint density at radius 3 is 2.49 bits per heavy atom. The van der Waals surface area contributed by atoms with Crippen LogP contribution in [0.25, 0.3) is 5.69 Å². The van der Waals surface area contributed by atoms with Crippen molar-refractivity contribution in [2.45, 2.75) is 43.6 Å². The molecule has 0 radical (unpaired) electrons. The third-order valence-electron chi connectivity index (χ3n) is 5.86. The first-order valence-corrected chi connectivity index (χ1v) is 12.3. The maximum absolute atomic E-state index is 13.6. The predicted octanol–water partition coefficient (Wildman–Crippen LogP) is 5.70. The van der Waals surface area contributed by atoms with E-state index in [4.69, 9.17) is 0 Å². The van der Waals surface area contributed by atoms with Crippen LogP contribution in [-0.4, -0.2) is 44.4 Å². The molecule has 4 rings (SSSR count). The number of aromatic nitrogens is 3. The average Bonchev–Trinajstić information content (AvgIpc) is 3.27. The SMILES string of the molecule is CC(c1nnc(SCC(=O)Nc2cccc(C(F)(F)F)c2)n1-c1ccc(F)cc1)N1CCCCC1. The molecule has 0 saturated carbocycles. The third-order valence-corrected chi connectivity index (χ3v) is 6.79. The highest BCUT2D eigenvalue weighted by atomic mass is 32.2. The van der Waals surface area contributed by atoms with E-state index in [1.54, 1.807) is 16.7 Å². The number of benzene rings is 2. The van der Waals surface area contributed by atoms with Crippen LogP contribution in [0, 0.1) is 5.82 Å². The molecule has 0 bridgehead atoms. The molecular weight excluding hydrogens is 482 g/mol. The molecule has 11 heteroatoms. The minimum Gasteiger partial charge on any atom is -0.325 e. The van der Waals surface area contributed by atoms with Crippen molar-refractivity contribution in [2.24, 2.45) is 0 Å². The van der Waals surface area contributed by atoms with Crippen LogP contribution in [0.3, 0.4) is 0 Å². The number of carbonyl (C=O) groups is 1. The largest absolute Gasteiger partial charge is 0.416 e. The molecule has 1 atom stereocenters. The van der Waals surface area contributed by atoms with Crippen LogP contribution in [-0.2, 0) is 11.0 Å². The fraction of sp³-hybridized carbons (Fsp3) is 0.375. The molecule has 1 aliphatic heterocycles. The van der Waals surface area contributed by atoms with Gasteiger partial charge < -0.3 is 5.32 Å². The van der Waals surface area contributed by atoms with E-state index in [0.29, 0.717) is 16.7 Å². The Kier molecular flexibility index (Phi) is 7.75. The summed E-state index contributed by atoms with van der Waals surface area (Å²) in [5.41, 5.74) is -0.115. The van der Waals surface area contributed by atoms with Crippen LogP contribution in [0.5, 0.6) is 0 Å². The lowest BCUT2D eigenvalue weighted by Gasteiger charge is -2.31. The molecule has 1 fully saturated rings. The van der Waals surface area contributed by atoms with Crippen molar-refractivity contribution in [1.29, 1.82) is 0 Å². The lowest BCUT2D eigenvalue weighted by Crippen LogP contribution is -2.33. The molecule has 0 spiro atoms. The minimum absolute atomic E-state index is 0.0406. The number of piperidine rings is 1. The number of alkyl halides is 3. The van der Waals surface area contributed by atoms with Gasteiger partial charge in [-0.1, -0.05) is 24.2 Å². The van der Waals surface area contributed by atoms with E-state index in [-0.39, 0.29) is 23.3 Å². The van der Waals surface area contributed by atoms with Gasteiger partial charge in [0.2, 0.25) is 5.91 Å². The van der Waals surface area contributed by atoms with Crippen LogP contribution in [0.1, 0.15) is 43.6 Å². The summed E-state index contributed by atoms with van der Waals surface area (Å²) in [4.78, 5) is 14.8. The van der Waals surface area contributed by atoms with Gasteiger partial charge in [-0.05, 0) is 75.3 Å². The van der Waals surface area contributed by atoms with Crippen molar-refractivity contribution < 1.29 is 22.4 Å². The van der Waals surface area contributed by atoms with Gasteiger partial charge in [0.15, 0.2) is 11.0 Å². The molecule has 6 nitrogen and oxygen atoms in total. The van der Waals surface area contributed by atoms with Crippen molar-refractivity contribution in [3.05, 3.63) is 65.7 Å². The normalized spacial score (nSPS) is 15.7. The summed E-state index contributed by atoms with van der Waals surface area (Å²) in [6, 6.07) is 10.4. The molecule has 1 aliphatic rings. The van der Waals surface area contributed by atoms with Gasteiger partial charge in [-0.25, -0.2) is 4.39 Å². The first kappa shape index (κ1) is 25.2. The summed E-state index contributed by atoms with van der Waals surface area (Å²) in [6.45, 7) is 3.93. The van der Waals surface area contributed by atoms with Crippen LogP contribution < -0.4 is 5.32 Å². The number of thioether (sulfide) groups is 1. The molecule has 2 heterocycles. The molecule has 1 saturated heterocycles. The van der Waals surface area contributed by atoms with Gasteiger partial charge in [0.1, 0.15) is 5.82 Å². The Morgan fingerprint density at radius 2 is 1.80 bits per heavy atom. The number of nitrogens with zero attached hydrogens (tertiary/aromatic N) is 4. The zero-order valence-electron chi connectivity index (χ0n) is 19.1. The van der Waals surface area contributed by atoms with Gasteiger partial charge in [-0.15, -0.1) is 10.2 Å². The van der Waals surface area contributed by atoms with Crippen molar-refractivity contribution in [1.82, 2.24) is 19.7 Å². The van der Waals surface area contributed by atoms with Gasteiger partial charge >= 0.3 is 6.18 Å². The molecule has 1 aromatic heterocycles. The van der Waals surface area contributed by atoms with Crippen molar-refractivity contribution in [3.8, 4) is 5.69 Å². The van der Waals surface area contributed by atoms with Crippen LogP contribution in [0.4, 0.5) is 23.2 Å². The minimum atomic E-state index is -4.50. The predicted molar refractivity (Wildman–Crippen MR) is 126 cm³/mol. The van der Waals surface area contributed by atoms with Crippen LogP contribution in [0.15, 0.2) is 53.7 Å². The van der Waals surface area contributed by atoms with E-state index in [2.05, 4.69) is 20.4 Å². The smallest absolute Gasteiger partial charge is 0.325 e. The summed E-state index contributed by atoms with van der Waals surface area (Å²) in [5.74, 6) is -0.261. The standard InChI is InChI=1S/C24H25F4N5OS/c1-16(32-12-3-2-4-13-32)22-30-31-23(33(22)20-10-8-18(25)9-11-20)35-15-21(34)29-19-7-5-6-17(14-19)24(26,27)28/h5-11,14,16H,2-4,12-13,15H2,1H3,(H,29,34). The zero-order chi connectivity index (χ0) is 25.0. The number of anilines is 1. The number of hydrogen-bond acceptors (Lipinski definition) is 5. The highest BCUT2D eigenvalue weighted by Crippen LogP contribution is 2.32. The number of likely N-dealkylation sites (tertiary alicyclic amines) is 1. The fourth-order valence-electron chi connectivity index (χ4n) is 4.05. The Bertz CT molecular complexity index is 1160. The number of hydrogen-bond donors (Lipinski definition) is 1. The van der Waals surface area contributed by atoms with E-state index in [0.717, 1.165) is 49.8 Å². The van der Waals surface area contributed by atoms with Gasteiger partial charge in [-0.3, -0.25) is 14.3 Å². The van der Waals surface area contributed by atoms with Gasteiger partial charge in [0.05, 0.1) is 17.4 Å². The first-order chi connectivity index (χ1) is 16.7. The summed E-state index contributed by atoms with van der Waals surface area (Å²) in [5, 5.41) is 11.6. The lowest BCUT2D eigenvalue weighted by molar-refractivity contribution is -0.137. The molecule has 0 aliphatic carbocycles. The quantitative estimate of drug-likeness (QED) is 0.328. The van der Waals surface area contributed by atoms with Gasteiger partial charge in [0.25, 0.3) is 0 Å². The molecular formula is C24H25F4N5OS. The van der Waals surface area contributed by atoms with Crippen molar-refractivity contribution >= 4 is 23.4 Å². The Balaban J connectivity index is 1.52. The average molecular weight is 508 g/mol. The highest BCUT2D eigenvalue weighted by Gasteiger charge is 2.30. The van der Waals surface area contributed by atoms with Crippen molar-refractivity contribution in [3.63, 3.8) is 0 Å². The van der Waals surface area contributed by atoms with Crippen LogP contribution >= 0.6 is 11.8 Å². The molecule has 1 N–H and O–H groups in total. The fourth-order valence-corrected chi connectivity index (χ4v) is 4.81. The van der Waals surface area contributed by atoms with Gasteiger partial charge in [-0.2, -0.15) is 13.2 Å². The lowest BCUT2D eigenvalue weighted by atomic mass is 10.1. The summed E-state index contributed by atoms with van der Waals surface area (Å²) >= 11 is 1.11. The van der Waals surface area contributed by atoms with E-state index >= 15 is 0 Å². The number of nitrogens with one attached hydrogen (secondary N) is 1. The molecule has 2 aromatic carbocycles. The Morgan fingerprint density at radius 1 is 1.09 bits per heavy atom. The Labute approximate surface area is 204 Å². The number of amides is 1. The van der Waals surface area contributed by atoms with Gasteiger partial charge in [0, 0.05) is 11.4 Å². The zero-order valence-corrected chi connectivity index (χ0v) is 19.9. The van der Waals surface area contributed by atoms with E-state index in [1.807, 2.05) is 6.92 Å². The highest BCUT2D eigenvalue weighted by molar-refractivity contribution is 7.99. The second kappa shape index (κ2) is 10.8. The molecule has 1 amide bonds. The second-order valence-corrected chi connectivity index (χ2v) is 9.28. The van der Waals surface area contributed by atoms with Crippen molar-refractivity contribution in [2.75, 3.05) is 24.2 Å². The summed E-state index contributed by atoms with van der Waals surface area (Å²) in [6.07, 6.45) is -1.10. The monoisotopic (exact) mass is 507 g/mol. The Hall–Kier alpha value is -2.92. The maximum atomic E-state index is 13.6. The molecule has 1 unspecified atom stereocenters. The van der Waals surface area contributed by atoms with E-state index in [1.165, 1.54) is 30.7 Å². The third kappa shape index (κ3) is 6.21. The van der Waals surface area contributed by atoms with Crippen LogP contribution in [0.2, 0.25) is 0 Å². The molecule has 3 aromatic rings. The number of carbonyl (C=O) groups excluding carboxylic acids is 1. The van der Waals surface area contributed by atoms with E-state index in [9.17, 15) is 22.4 Å². The first-order valence-electron chi connectivity index (χ1n) is 11.3. The molecule has 35 heavy (non-hydrogen) atoms. The maximum Gasteiger partial charge on any atom is 0.416 e. The molecule has 186 valence electrons. The number of halogens is 4. The number of rotatable bonds is 7. The summed E-state index contributed by atoms with van der Waals surface area (Å²) in [7, 11) is 0. The van der Waals surface area contributed by atoms with E-state index < -0.39 is 17.6 Å².